The Balaban J connectivity index is 1.36. The maximum absolute atomic E-state index is 14.4. The summed E-state index contributed by atoms with van der Waals surface area (Å²) >= 11 is 0. The van der Waals surface area contributed by atoms with E-state index < -0.39 is 29.3 Å². The van der Waals surface area contributed by atoms with Crippen molar-refractivity contribution in [2.24, 2.45) is 45.3 Å². The van der Waals surface area contributed by atoms with Crippen LogP contribution in [0.1, 0.15) is 130 Å². The summed E-state index contributed by atoms with van der Waals surface area (Å²) < 4.78 is 39.5. The maximum atomic E-state index is 14.4. The summed E-state index contributed by atoms with van der Waals surface area (Å²) in [4.78, 5) is 13.1. The first-order chi connectivity index (χ1) is 20.7. The van der Waals surface area contributed by atoms with Gasteiger partial charge in [-0.3, -0.25) is 0 Å². The number of rotatable bonds is 8. The Morgan fingerprint density at radius 2 is 1.62 bits per heavy atom. The second-order valence-electron chi connectivity index (χ2n) is 17.5. The van der Waals surface area contributed by atoms with Gasteiger partial charge in [0.05, 0.1) is 22.9 Å². The molecule has 0 unspecified atom stereocenters. The summed E-state index contributed by atoms with van der Waals surface area (Å²) in [5.74, 6) is -1.74. The molecule has 1 aromatic rings. The van der Waals surface area contributed by atoms with Crippen molar-refractivity contribution < 1.29 is 33.3 Å². The molecule has 4 fully saturated rings. The number of methoxy groups -OCH3 is 1. The number of hydrogen-bond acceptors (Lipinski definition) is 5. The van der Waals surface area contributed by atoms with Gasteiger partial charge >= 0.3 is 5.97 Å². The highest BCUT2D eigenvalue weighted by molar-refractivity contribution is 5.89. The van der Waals surface area contributed by atoms with E-state index in [2.05, 4.69) is 48.5 Å². The van der Waals surface area contributed by atoms with E-state index >= 15 is 0 Å². The van der Waals surface area contributed by atoms with Gasteiger partial charge in [0, 0.05) is 18.6 Å². The van der Waals surface area contributed by atoms with E-state index in [4.69, 9.17) is 9.47 Å². The third kappa shape index (κ3) is 5.59. The van der Waals surface area contributed by atoms with Crippen molar-refractivity contribution in [3.05, 3.63) is 35.4 Å². The molecule has 45 heavy (non-hydrogen) atoms. The summed E-state index contributed by atoms with van der Waals surface area (Å²) in [6.45, 7) is 17.8. The molecule has 5 nitrogen and oxygen atoms in total. The standard InChI is InChI=1S/C38H58F2O5/c1-33(2,44-9)16-10-17-38(8,43)25-13-19-37(7)31(25)27(41)22-29-35(5)18-15-30(34(3,4)28(35)14-20-36(29,37)6)45-32(42)24-12-11-23(39)21-26(24)40/h11-12,21,25,27-31,41,43H,10,13-20,22H2,1-9H3/t25-,27+,28-,29+,30-,31-,35-,36+,37+,38+/m0/s1. The van der Waals surface area contributed by atoms with Crippen LogP contribution in [0.15, 0.2) is 18.2 Å². The normalized spacial score (nSPS) is 40.6. The number of carbonyl (C=O) groups is 1. The Morgan fingerprint density at radius 1 is 0.956 bits per heavy atom. The van der Waals surface area contributed by atoms with E-state index in [0.717, 1.165) is 63.1 Å². The van der Waals surface area contributed by atoms with E-state index in [1.54, 1.807) is 7.11 Å². The molecule has 10 atom stereocenters. The molecule has 0 amide bonds. The lowest BCUT2D eigenvalue weighted by Gasteiger charge is -2.70. The fraction of sp³-hybridized carbons (Fsp3) is 0.816. The molecule has 0 aliphatic heterocycles. The number of fused-ring (bicyclic) bond motifs is 5. The number of hydrogen-bond donors (Lipinski definition) is 2. The van der Waals surface area contributed by atoms with Crippen molar-refractivity contribution in [3.8, 4) is 0 Å². The summed E-state index contributed by atoms with van der Waals surface area (Å²) in [5.41, 5.74) is -1.84. The largest absolute Gasteiger partial charge is 0.458 e. The fourth-order valence-corrected chi connectivity index (χ4v) is 11.6. The van der Waals surface area contributed by atoms with Crippen LogP contribution in [0, 0.1) is 57.0 Å². The lowest BCUT2D eigenvalue weighted by molar-refractivity contribution is -0.246. The first-order valence-electron chi connectivity index (χ1n) is 17.4. The highest BCUT2D eigenvalue weighted by Gasteiger charge is 2.71. The Labute approximate surface area is 269 Å². The molecule has 7 heteroatoms. The van der Waals surface area contributed by atoms with Crippen LogP contribution in [0.2, 0.25) is 0 Å². The molecule has 0 radical (unpaired) electrons. The van der Waals surface area contributed by atoms with Gasteiger partial charge in [-0.2, -0.15) is 0 Å². The number of aliphatic hydroxyl groups excluding tert-OH is 1. The average Bonchev–Trinajstić information content (AvgIpc) is 3.32. The van der Waals surface area contributed by atoms with E-state index in [1.807, 2.05) is 6.92 Å². The van der Waals surface area contributed by atoms with Gasteiger partial charge in [-0.15, -0.1) is 0 Å². The van der Waals surface area contributed by atoms with Crippen LogP contribution in [0.25, 0.3) is 0 Å². The molecule has 0 heterocycles. The zero-order valence-electron chi connectivity index (χ0n) is 29.1. The molecule has 5 rings (SSSR count). The average molecular weight is 633 g/mol. The smallest absolute Gasteiger partial charge is 0.341 e. The van der Waals surface area contributed by atoms with Crippen molar-refractivity contribution in [2.75, 3.05) is 7.11 Å². The first-order valence-corrected chi connectivity index (χ1v) is 17.4. The molecule has 0 bridgehead atoms. The van der Waals surface area contributed by atoms with E-state index in [9.17, 15) is 23.8 Å². The number of benzene rings is 1. The van der Waals surface area contributed by atoms with Crippen molar-refractivity contribution in [2.45, 2.75) is 143 Å². The van der Waals surface area contributed by atoms with E-state index in [-0.39, 0.29) is 62.6 Å². The van der Waals surface area contributed by atoms with Crippen molar-refractivity contribution in [3.63, 3.8) is 0 Å². The molecule has 4 aliphatic rings. The first kappa shape index (κ1) is 34.8. The number of carbonyl (C=O) groups excluding carboxylic acids is 1. The monoisotopic (exact) mass is 632 g/mol. The van der Waals surface area contributed by atoms with Crippen LogP contribution in [0.4, 0.5) is 8.78 Å². The van der Waals surface area contributed by atoms with Gasteiger partial charge in [0.1, 0.15) is 17.7 Å². The third-order valence-electron chi connectivity index (χ3n) is 14.5. The van der Waals surface area contributed by atoms with E-state index in [1.165, 1.54) is 0 Å². The molecule has 2 N–H and O–H groups in total. The molecule has 254 valence electrons. The van der Waals surface area contributed by atoms with Crippen LogP contribution in [0.3, 0.4) is 0 Å². The lowest BCUT2D eigenvalue weighted by Crippen LogP contribution is -2.66. The molecule has 4 saturated carbocycles. The number of esters is 1. The van der Waals surface area contributed by atoms with Gasteiger partial charge in [0.15, 0.2) is 0 Å². The maximum Gasteiger partial charge on any atom is 0.341 e. The molecule has 0 saturated heterocycles. The van der Waals surface area contributed by atoms with Gasteiger partial charge in [0.2, 0.25) is 0 Å². The minimum absolute atomic E-state index is 0.00184. The van der Waals surface area contributed by atoms with Crippen molar-refractivity contribution >= 4 is 5.97 Å². The number of halogens is 2. The van der Waals surface area contributed by atoms with Gasteiger partial charge in [-0.1, -0.05) is 34.6 Å². The topological polar surface area (TPSA) is 76.0 Å². The minimum atomic E-state index is -0.904. The Hall–Kier alpha value is -1.57. The number of aliphatic hydroxyl groups is 2. The van der Waals surface area contributed by atoms with Gasteiger partial charge < -0.3 is 19.7 Å². The second kappa shape index (κ2) is 11.5. The quantitative estimate of drug-likeness (QED) is 0.281. The molecule has 1 aromatic carbocycles. The van der Waals surface area contributed by atoms with Crippen LogP contribution in [0.5, 0.6) is 0 Å². The SMILES string of the molecule is COC(C)(C)CCC[C@@](C)(O)[C@H]1CC[C@]2(C)[C@@H]1[C@H](O)C[C@@H]1[C@@]3(C)CC[C@H](OC(=O)c4ccc(F)cc4F)C(C)(C)[C@@H]3CC[C@]12C. The fourth-order valence-electron chi connectivity index (χ4n) is 11.6. The summed E-state index contributed by atoms with van der Waals surface area (Å²) in [6, 6.07) is 2.97. The van der Waals surface area contributed by atoms with E-state index in [0.29, 0.717) is 19.3 Å². The summed E-state index contributed by atoms with van der Waals surface area (Å²) in [7, 11) is 1.74. The molecule has 0 aromatic heterocycles. The highest BCUT2D eigenvalue weighted by Crippen LogP contribution is 2.76. The van der Waals surface area contributed by atoms with Crippen LogP contribution < -0.4 is 0 Å². The minimum Gasteiger partial charge on any atom is -0.458 e. The van der Waals surface area contributed by atoms with Crippen LogP contribution >= 0.6 is 0 Å². The van der Waals surface area contributed by atoms with Crippen LogP contribution in [-0.4, -0.2) is 46.7 Å². The molecule has 0 spiro atoms. The number of ether oxygens (including phenoxy) is 2. The Morgan fingerprint density at radius 3 is 2.27 bits per heavy atom. The predicted octanol–water partition coefficient (Wildman–Crippen LogP) is 8.49. The zero-order chi connectivity index (χ0) is 33.4. The Kier molecular flexibility index (Phi) is 8.92. The summed E-state index contributed by atoms with van der Waals surface area (Å²) in [6.07, 6.45) is 7.73. The van der Waals surface area contributed by atoms with Crippen molar-refractivity contribution in [1.82, 2.24) is 0 Å². The van der Waals surface area contributed by atoms with Gasteiger partial charge in [-0.05, 0) is 137 Å². The van der Waals surface area contributed by atoms with Gasteiger partial charge in [0.25, 0.3) is 0 Å². The van der Waals surface area contributed by atoms with Crippen molar-refractivity contribution in [1.29, 1.82) is 0 Å². The molecular formula is C38H58F2O5. The molecule has 4 aliphatic carbocycles. The van der Waals surface area contributed by atoms with Gasteiger partial charge in [-0.25, -0.2) is 13.6 Å². The third-order valence-corrected chi connectivity index (χ3v) is 14.5. The Bertz CT molecular complexity index is 1280. The molecular weight excluding hydrogens is 574 g/mol. The summed E-state index contributed by atoms with van der Waals surface area (Å²) in [5, 5.41) is 24.0. The second-order valence-corrected chi connectivity index (χ2v) is 17.5. The zero-order valence-corrected chi connectivity index (χ0v) is 29.1. The van der Waals surface area contributed by atoms with Crippen LogP contribution in [-0.2, 0) is 9.47 Å². The highest BCUT2D eigenvalue weighted by atomic mass is 19.1. The predicted molar refractivity (Wildman–Crippen MR) is 172 cm³/mol. The lowest BCUT2D eigenvalue weighted by atomic mass is 9.35.